The summed E-state index contributed by atoms with van der Waals surface area (Å²) in [6.45, 7) is 2.38. The first-order valence-electron chi connectivity index (χ1n) is 10.9. The monoisotopic (exact) mass is 454 g/mol. The van der Waals surface area contributed by atoms with E-state index >= 15 is 0 Å². The summed E-state index contributed by atoms with van der Waals surface area (Å²) in [5, 5.41) is 0. The number of hydrogen-bond donors (Lipinski definition) is 0. The lowest BCUT2D eigenvalue weighted by Gasteiger charge is -2.30. The number of Topliss-reactive ketones (excluding diaryl/α,β-unsaturated/α-hetero) is 1. The van der Waals surface area contributed by atoms with Crippen molar-refractivity contribution < 1.29 is 28.6 Å². The zero-order chi connectivity index (χ0) is 24.0. The molecule has 0 atom stereocenters. The molecule has 2 amide bonds. The molecule has 0 unspecified atom stereocenters. The van der Waals surface area contributed by atoms with E-state index in [2.05, 4.69) is 0 Å². The zero-order valence-corrected chi connectivity index (χ0v) is 19.6. The highest BCUT2D eigenvalue weighted by Gasteiger charge is 2.26. The number of fused-ring (bicyclic) bond motifs is 1. The van der Waals surface area contributed by atoms with Crippen LogP contribution in [0.25, 0.3) is 0 Å². The summed E-state index contributed by atoms with van der Waals surface area (Å²) >= 11 is 0. The number of ketones is 1. The maximum Gasteiger partial charge on any atom is 0.265 e. The third-order valence-electron chi connectivity index (χ3n) is 5.69. The Morgan fingerprint density at radius 1 is 1.09 bits per heavy atom. The lowest BCUT2D eigenvalue weighted by Crippen LogP contribution is -2.40. The molecule has 1 heterocycles. The van der Waals surface area contributed by atoms with Crippen molar-refractivity contribution in [3.8, 4) is 17.2 Å². The van der Waals surface area contributed by atoms with Crippen molar-refractivity contribution in [3.05, 3.63) is 47.5 Å². The lowest BCUT2D eigenvalue weighted by molar-refractivity contribution is -0.130. The topological polar surface area (TPSA) is 85.4 Å². The van der Waals surface area contributed by atoms with Crippen LogP contribution in [-0.4, -0.2) is 63.5 Å². The number of methoxy groups -OCH3 is 2. The second-order valence-electron chi connectivity index (χ2n) is 7.93. The minimum atomic E-state index is -0.183. The van der Waals surface area contributed by atoms with Gasteiger partial charge in [0.2, 0.25) is 5.91 Å². The van der Waals surface area contributed by atoms with E-state index in [4.69, 9.17) is 14.2 Å². The molecule has 2 aromatic rings. The van der Waals surface area contributed by atoms with E-state index < -0.39 is 0 Å². The van der Waals surface area contributed by atoms with Crippen LogP contribution in [0, 0.1) is 0 Å². The Balaban J connectivity index is 1.53. The van der Waals surface area contributed by atoms with Crippen LogP contribution in [0.15, 0.2) is 36.4 Å². The first-order chi connectivity index (χ1) is 15.8. The number of anilines is 1. The predicted octanol–water partition coefficient (Wildman–Crippen LogP) is 3.11. The fourth-order valence-corrected chi connectivity index (χ4v) is 3.70. The molecule has 0 radical (unpaired) electrons. The van der Waals surface area contributed by atoms with Gasteiger partial charge in [0.1, 0.15) is 5.75 Å². The quantitative estimate of drug-likeness (QED) is 0.513. The van der Waals surface area contributed by atoms with Gasteiger partial charge < -0.3 is 24.0 Å². The summed E-state index contributed by atoms with van der Waals surface area (Å²) < 4.78 is 16.1. The fraction of sp³-hybridized carbons (Fsp3) is 0.400. The minimum absolute atomic E-state index is 0.00824. The number of nitrogens with zero attached hydrogens (tertiary/aromatic N) is 2. The molecule has 2 aromatic carbocycles. The normalized spacial score (nSPS) is 12.6. The molecular weight excluding hydrogens is 424 g/mol. The SMILES string of the molecule is COc1ccc(CCN(C)C(=O)CCCN2C(=O)COc3ccc(C(C)=O)cc32)cc1OC. The average Bonchev–Trinajstić information content (AvgIpc) is 2.82. The summed E-state index contributed by atoms with van der Waals surface area (Å²) in [4.78, 5) is 40.0. The molecule has 33 heavy (non-hydrogen) atoms. The molecule has 0 aliphatic carbocycles. The van der Waals surface area contributed by atoms with Gasteiger partial charge in [-0.25, -0.2) is 0 Å². The third kappa shape index (κ3) is 5.83. The zero-order valence-electron chi connectivity index (χ0n) is 19.6. The summed E-state index contributed by atoms with van der Waals surface area (Å²) in [7, 11) is 4.96. The number of likely N-dealkylation sites (N-methyl/N-ethyl adjacent to an activating group) is 1. The maximum absolute atomic E-state index is 12.6. The van der Waals surface area contributed by atoms with Crippen LogP contribution in [0.1, 0.15) is 35.7 Å². The van der Waals surface area contributed by atoms with Crippen molar-refractivity contribution in [3.63, 3.8) is 0 Å². The minimum Gasteiger partial charge on any atom is -0.493 e. The second kappa shape index (κ2) is 10.8. The molecular formula is C25H30N2O6. The number of ether oxygens (including phenoxy) is 3. The van der Waals surface area contributed by atoms with Gasteiger partial charge in [-0.15, -0.1) is 0 Å². The largest absolute Gasteiger partial charge is 0.493 e. The Labute approximate surface area is 194 Å². The molecule has 1 aliphatic rings. The Hall–Kier alpha value is -3.55. The number of benzene rings is 2. The van der Waals surface area contributed by atoms with E-state index in [0.29, 0.717) is 60.9 Å². The van der Waals surface area contributed by atoms with Crippen LogP contribution in [0.2, 0.25) is 0 Å². The molecule has 8 heteroatoms. The van der Waals surface area contributed by atoms with Gasteiger partial charge >= 0.3 is 0 Å². The summed E-state index contributed by atoms with van der Waals surface area (Å²) in [5.41, 5.74) is 2.14. The van der Waals surface area contributed by atoms with Gasteiger partial charge in [0, 0.05) is 32.1 Å². The van der Waals surface area contributed by atoms with Crippen LogP contribution in [-0.2, 0) is 16.0 Å². The molecule has 0 spiro atoms. The van der Waals surface area contributed by atoms with Crippen LogP contribution in [0.3, 0.4) is 0 Å². The van der Waals surface area contributed by atoms with Crippen LogP contribution in [0.4, 0.5) is 5.69 Å². The fourth-order valence-electron chi connectivity index (χ4n) is 3.70. The maximum atomic E-state index is 12.6. The van der Waals surface area contributed by atoms with Gasteiger partial charge in [0.05, 0.1) is 19.9 Å². The molecule has 8 nitrogen and oxygen atoms in total. The molecule has 1 aliphatic heterocycles. The van der Waals surface area contributed by atoms with Crippen molar-refractivity contribution in [1.82, 2.24) is 4.90 Å². The summed E-state index contributed by atoms with van der Waals surface area (Å²) in [6, 6.07) is 10.8. The summed E-state index contributed by atoms with van der Waals surface area (Å²) in [5.74, 6) is 1.64. The standard InChI is InChI=1S/C25H30N2O6/c1-17(28)19-8-10-21-20(15-19)27(25(30)16-33-21)12-5-6-24(29)26(2)13-11-18-7-9-22(31-3)23(14-18)32-4/h7-10,14-15H,5-6,11-13,16H2,1-4H3. The van der Waals surface area contributed by atoms with Crippen molar-refractivity contribution in [1.29, 1.82) is 0 Å². The van der Waals surface area contributed by atoms with Gasteiger partial charge in [-0.05, 0) is 55.7 Å². The van der Waals surface area contributed by atoms with Gasteiger partial charge in [0.25, 0.3) is 5.91 Å². The summed E-state index contributed by atoms with van der Waals surface area (Å²) in [6.07, 6.45) is 1.51. The van der Waals surface area contributed by atoms with Crippen molar-refractivity contribution >= 4 is 23.3 Å². The molecule has 0 aromatic heterocycles. The van der Waals surface area contributed by atoms with Crippen LogP contribution < -0.4 is 19.1 Å². The highest BCUT2D eigenvalue weighted by atomic mass is 16.5. The molecule has 3 rings (SSSR count). The molecule has 0 bridgehead atoms. The van der Waals surface area contributed by atoms with Crippen LogP contribution in [0.5, 0.6) is 17.2 Å². The van der Waals surface area contributed by atoms with E-state index in [1.165, 1.54) is 6.92 Å². The Morgan fingerprint density at radius 2 is 1.85 bits per heavy atom. The Bertz CT molecular complexity index is 1040. The molecule has 0 fully saturated rings. The first-order valence-corrected chi connectivity index (χ1v) is 10.9. The lowest BCUT2D eigenvalue weighted by atomic mass is 10.1. The predicted molar refractivity (Wildman–Crippen MR) is 124 cm³/mol. The highest BCUT2D eigenvalue weighted by molar-refractivity contribution is 6.01. The Kier molecular flexibility index (Phi) is 7.92. The van der Waals surface area contributed by atoms with E-state index in [-0.39, 0.29) is 24.2 Å². The molecule has 0 saturated carbocycles. The highest BCUT2D eigenvalue weighted by Crippen LogP contribution is 2.33. The average molecular weight is 455 g/mol. The number of carbonyl (C=O) groups excluding carboxylic acids is 3. The molecule has 0 N–H and O–H groups in total. The number of carbonyl (C=O) groups is 3. The smallest absolute Gasteiger partial charge is 0.265 e. The number of amides is 2. The number of hydrogen-bond acceptors (Lipinski definition) is 6. The van der Waals surface area contributed by atoms with Crippen molar-refractivity contribution in [2.24, 2.45) is 0 Å². The first kappa shape index (κ1) is 24.1. The van der Waals surface area contributed by atoms with Gasteiger partial charge in [0.15, 0.2) is 23.9 Å². The second-order valence-corrected chi connectivity index (χ2v) is 7.93. The van der Waals surface area contributed by atoms with E-state index in [1.54, 1.807) is 49.3 Å². The van der Waals surface area contributed by atoms with E-state index in [9.17, 15) is 14.4 Å². The van der Waals surface area contributed by atoms with E-state index in [0.717, 1.165) is 5.56 Å². The van der Waals surface area contributed by atoms with Crippen molar-refractivity contribution in [2.45, 2.75) is 26.2 Å². The van der Waals surface area contributed by atoms with E-state index in [1.807, 2.05) is 18.2 Å². The Morgan fingerprint density at radius 3 is 2.55 bits per heavy atom. The van der Waals surface area contributed by atoms with Gasteiger partial charge in [-0.3, -0.25) is 14.4 Å². The van der Waals surface area contributed by atoms with Gasteiger partial charge in [-0.1, -0.05) is 6.07 Å². The third-order valence-corrected chi connectivity index (χ3v) is 5.69. The number of rotatable bonds is 10. The molecule has 176 valence electrons. The van der Waals surface area contributed by atoms with Crippen LogP contribution >= 0.6 is 0 Å². The van der Waals surface area contributed by atoms with Gasteiger partial charge in [-0.2, -0.15) is 0 Å². The molecule has 0 saturated heterocycles. The van der Waals surface area contributed by atoms with Crippen molar-refractivity contribution in [2.75, 3.05) is 45.9 Å².